The van der Waals surface area contributed by atoms with E-state index >= 15 is 0 Å². The summed E-state index contributed by atoms with van der Waals surface area (Å²) in [7, 11) is 0. The van der Waals surface area contributed by atoms with E-state index in [2.05, 4.69) is 41.4 Å². The highest BCUT2D eigenvalue weighted by molar-refractivity contribution is 5.82. The van der Waals surface area contributed by atoms with Crippen LogP contribution >= 0.6 is 0 Å². The lowest BCUT2D eigenvalue weighted by Crippen LogP contribution is -2.46. The first-order valence-corrected chi connectivity index (χ1v) is 8.54. The molecule has 1 amide bonds. The van der Waals surface area contributed by atoms with E-state index < -0.39 is 6.04 Å². The first-order valence-electron chi connectivity index (χ1n) is 8.54. The van der Waals surface area contributed by atoms with Crippen LogP contribution in [-0.4, -0.2) is 29.9 Å². The van der Waals surface area contributed by atoms with Crippen LogP contribution in [0.25, 0.3) is 0 Å². The predicted octanol–water partition coefficient (Wildman–Crippen LogP) is 2.25. The van der Waals surface area contributed by atoms with E-state index in [1.54, 1.807) is 0 Å². The van der Waals surface area contributed by atoms with E-state index in [-0.39, 0.29) is 11.9 Å². The zero-order chi connectivity index (χ0) is 16.9. The number of nitrogens with two attached hydrogens (primary N) is 1. The molecule has 4 heteroatoms. The van der Waals surface area contributed by atoms with Gasteiger partial charge in [-0.3, -0.25) is 9.69 Å². The second kappa shape index (κ2) is 7.60. The lowest BCUT2D eigenvalue weighted by atomic mass is 9.99. The molecule has 4 nitrogen and oxygen atoms in total. The number of hydrogen-bond donors (Lipinski definition) is 2. The molecular formula is C20H25N3O. The highest BCUT2D eigenvalue weighted by atomic mass is 16.2. The Balaban J connectivity index is 1.52. The van der Waals surface area contributed by atoms with Crippen LogP contribution in [0, 0.1) is 0 Å². The Labute approximate surface area is 143 Å². The molecule has 24 heavy (non-hydrogen) atoms. The number of hydrogen-bond acceptors (Lipinski definition) is 3. The summed E-state index contributed by atoms with van der Waals surface area (Å²) in [6.07, 6.45) is 1.07. The van der Waals surface area contributed by atoms with Crippen molar-refractivity contribution in [1.82, 2.24) is 10.2 Å². The first-order chi connectivity index (χ1) is 11.6. The molecule has 0 spiro atoms. The summed E-state index contributed by atoms with van der Waals surface area (Å²) in [6.45, 7) is 4.74. The number of nitrogens with zero attached hydrogens (tertiary/aromatic N) is 1. The largest absolute Gasteiger partial charge is 0.353 e. The van der Waals surface area contributed by atoms with Gasteiger partial charge in [0.25, 0.3) is 0 Å². The Morgan fingerprint density at radius 2 is 1.79 bits per heavy atom. The molecular weight excluding hydrogens is 298 g/mol. The third-order valence-electron chi connectivity index (χ3n) is 4.80. The lowest BCUT2D eigenvalue weighted by Gasteiger charge is -2.34. The summed E-state index contributed by atoms with van der Waals surface area (Å²) in [4.78, 5) is 14.7. The number of fused-ring (bicyclic) bond motifs is 1. The number of carbonyl (C=O) groups is 1. The molecule has 2 atom stereocenters. The molecule has 2 unspecified atom stereocenters. The molecule has 2 aromatic rings. The van der Waals surface area contributed by atoms with Gasteiger partial charge >= 0.3 is 0 Å². The van der Waals surface area contributed by atoms with Gasteiger partial charge in [-0.2, -0.15) is 0 Å². The first kappa shape index (κ1) is 16.7. The average molecular weight is 323 g/mol. The van der Waals surface area contributed by atoms with Crippen molar-refractivity contribution in [1.29, 1.82) is 0 Å². The van der Waals surface area contributed by atoms with Crippen molar-refractivity contribution < 1.29 is 4.79 Å². The van der Waals surface area contributed by atoms with E-state index in [9.17, 15) is 4.79 Å². The minimum Gasteiger partial charge on any atom is -0.353 e. The average Bonchev–Trinajstić information content (AvgIpc) is 2.65. The standard InChI is InChI=1S/C20H25N3O/c1-15(23-12-11-16-7-5-6-10-18(16)14-23)13-22-20(24)19(21)17-8-3-2-4-9-17/h2-10,15,19H,11-14,21H2,1H3,(H,22,24). The summed E-state index contributed by atoms with van der Waals surface area (Å²) in [5.74, 6) is -0.120. The minimum absolute atomic E-state index is 0.120. The van der Waals surface area contributed by atoms with Gasteiger partial charge < -0.3 is 11.1 Å². The van der Waals surface area contributed by atoms with Crippen LogP contribution in [0.2, 0.25) is 0 Å². The fourth-order valence-corrected chi connectivity index (χ4v) is 3.19. The van der Waals surface area contributed by atoms with Gasteiger partial charge in [-0.05, 0) is 30.0 Å². The molecule has 0 radical (unpaired) electrons. The third-order valence-corrected chi connectivity index (χ3v) is 4.80. The van der Waals surface area contributed by atoms with Crippen molar-refractivity contribution in [3.05, 3.63) is 71.3 Å². The summed E-state index contributed by atoms with van der Waals surface area (Å²) in [5.41, 5.74) is 9.72. The van der Waals surface area contributed by atoms with Gasteiger partial charge in [0.05, 0.1) is 0 Å². The van der Waals surface area contributed by atoms with E-state index in [4.69, 9.17) is 5.73 Å². The van der Waals surface area contributed by atoms with Crippen molar-refractivity contribution in [2.75, 3.05) is 13.1 Å². The summed E-state index contributed by atoms with van der Waals surface area (Å²) in [6, 6.07) is 17.7. The Kier molecular flexibility index (Phi) is 5.28. The van der Waals surface area contributed by atoms with Gasteiger partial charge in [-0.25, -0.2) is 0 Å². The molecule has 0 fully saturated rings. The molecule has 0 aromatic heterocycles. The van der Waals surface area contributed by atoms with E-state index in [1.807, 2.05) is 30.3 Å². The molecule has 3 N–H and O–H groups in total. The smallest absolute Gasteiger partial charge is 0.241 e. The Morgan fingerprint density at radius 3 is 2.54 bits per heavy atom. The molecule has 1 heterocycles. The van der Waals surface area contributed by atoms with Gasteiger partial charge in [-0.1, -0.05) is 54.6 Å². The quantitative estimate of drug-likeness (QED) is 0.887. The summed E-state index contributed by atoms with van der Waals surface area (Å²) >= 11 is 0. The third kappa shape index (κ3) is 3.83. The molecule has 126 valence electrons. The van der Waals surface area contributed by atoms with Crippen LogP contribution in [-0.2, 0) is 17.8 Å². The molecule has 1 aliphatic rings. The number of rotatable bonds is 5. The fourth-order valence-electron chi connectivity index (χ4n) is 3.19. The second-order valence-electron chi connectivity index (χ2n) is 6.47. The Morgan fingerprint density at radius 1 is 1.12 bits per heavy atom. The minimum atomic E-state index is -0.611. The number of carbonyl (C=O) groups excluding carboxylic acids is 1. The normalized spacial score (nSPS) is 16.9. The van der Waals surface area contributed by atoms with Crippen molar-refractivity contribution >= 4 is 5.91 Å². The highest BCUT2D eigenvalue weighted by Crippen LogP contribution is 2.20. The van der Waals surface area contributed by atoms with Gasteiger partial charge in [0.1, 0.15) is 6.04 Å². The molecule has 2 aromatic carbocycles. The molecule has 0 bridgehead atoms. The fraction of sp³-hybridized carbons (Fsp3) is 0.350. The molecule has 0 saturated heterocycles. The highest BCUT2D eigenvalue weighted by Gasteiger charge is 2.22. The molecule has 0 saturated carbocycles. The van der Waals surface area contributed by atoms with Crippen LogP contribution in [0.4, 0.5) is 0 Å². The van der Waals surface area contributed by atoms with Gasteiger partial charge in [-0.15, -0.1) is 0 Å². The van der Waals surface area contributed by atoms with Crippen LogP contribution in [0.3, 0.4) is 0 Å². The van der Waals surface area contributed by atoms with Crippen molar-refractivity contribution in [2.24, 2.45) is 5.73 Å². The van der Waals surface area contributed by atoms with Crippen LogP contribution in [0.5, 0.6) is 0 Å². The Bertz CT molecular complexity index is 686. The van der Waals surface area contributed by atoms with Gasteiger partial charge in [0.2, 0.25) is 5.91 Å². The van der Waals surface area contributed by atoms with Crippen LogP contribution in [0.1, 0.15) is 29.7 Å². The van der Waals surface area contributed by atoms with E-state index in [0.717, 1.165) is 25.1 Å². The lowest BCUT2D eigenvalue weighted by molar-refractivity contribution is -0.122. The number of benzene rings is 2. The number of amides is 1. The molecule has 3 rings (SSSR count). The summed E-state index contributed by atoms with van der Waals surface area (Å²) in [5, 5.41) is 3.00. The van der Waals surface area contributed by atoms with E-state index in [1.165, 1.54) is 11.1 Å². The van der Waals surface area contributed by atoms with E-state index in [0.29, 0.717) is 6.54 Å². The van der Waals surface area contributed by atoms with Gasteiger partial charge in [0.15, 0.2) is 0 Å². The van der Waals surface area contributed by atoms with Crippen LogP contribution in [0.15, 0.2) is 54.6 Å². The van der Waals surface area contributed by atoms with Crippen LogP contribution < -0.4 is 11.1 Å². The van der Waals surface area contributed by atoms with Crippen molar-refractivity contribution in [3.8, 4) is 0 Å². The maximum absolute atomic E-state index is 12.3. The second-order valence-corrected chi connectivity index (χ2v) is 6.47. The molecule has 0 aliphatic carbocycles. The topological polar surface area (TPSA) is 58.4 Å². The monoisotopic (exact) mass is 323 g/mol. The van der Waals surface area contributed by atoms with Crippen molar-refractivity contribution in [2.45, 2.75) is 32.0 Å². The predicted molar refractivity (Wildman–Crippen MR) is 96.4 cm³/mol. The van der Waals surface area contributed by atoms with Crippen molar-refractivity contribution in [3.63, 3.8) is 0 Å². The zero-order valence-corrected chi connectivity index (χ0v) is 14.1. The Hall–Kier alpha value is -2.17. The number of nitrogens with one attached hydrogen (secondary N) is 1. The van der Waals surface area contributed by atoms with Gasteiger partial charge in [0, 0.05) is 25.7 Å². The maximum atomic E-state index is 12.3. The zero-order valence-electron chi connectivity index (χ0n) is 14.1. The maximum Gasteiger partial charge on any atom is 0.241 e. The SMILES string of the molecule is CC(CNC(=O)C(N)c1ccccc1)N1CCc2ccccc2C1. The summed E-state index contributed by atoms with van der Waals surface area (Å²) < 4.78 is 0. The molecule has 1 aliphatic heterocycles.